The molecule has 0 atom stereocenters. The van der Waals surface area contributed by atoms with Crippen LogP contribution in [0.2, 0.25) is 0 Å². The van der Waals surface area contributed by atoms with Crippen molar-refractivity contribution >= 4 is 41.3 Å². The third-order valence-corrected chi connectivity index (χ3v) is 3.80. The molecule has 1 rings (SSSR count). The lowest BCUT2D eigenvalue weighted by Crippen LogP contribution is -2.39. The van der Waals surface area contributed by atoms with E-state index in [-0.39, 0.29) is 24.0 Å². The maximum atomic E-state index is 4.99. The van der Waals surface area contributed by atoms with Gasteiger partial charge in [-0.2, -0.15) is 0 Å². The summed E-state index contributed by atoms with van der Waals surface area (Å²) < 4.78 is 4.99. The molecule has 1 heterocycles. The summed E-state index contributed by atoms with van der Waals surface area (Å²) in [5.41, 5.74) is 1.22. The molecular formula is C13H25IN4OS. The van der Waals surface area contributed by atoms with Crippen molar-refractivity contribution in [1.82, 2.24) is 15.6 Å². The molecule has 0 aliphatic carbocycles. The van der Waals surface area contributed by atoms with Gasteiger partial charge in [0.2, 0.25) is 0 Å². The second-order valence-electron chi connectivity index (χ2n) is 4.13. The highest BCUT2D eigenvalue weighted by Crippen LogP contribution is 2.17. The van der Waals surface area contributed by atoms with Crippen LogP contribution in [0.25, 0.3) is 0 Å². The van der Waals surface area contributed by atoms with E-state index in [1.165, 1.54) is 15.6 Å². The third-order valence-electron chi connectivity index (χ3n) is 2.73. The standard InChI is InChI=1S/C13H24N4OS.HI/c1-5-11-10(2)19-12(17-11)6-7-15-13(14-3)16-8-9-18-4;/h5-9H2,1-4H3,(H2,14,15,16);1H. The Morgan fingerprint density at radius 1 is 1.35 bits per heavy atom. The summed E-state index contributed by atoms with van der Waals surface area (Å²) in [7, 11) is 3.46. The molecule has 0 saturated carbocycles. The number of nitrogens with zero attached hydrogens (tertiary/aromatic N) is 2. The number of nitrogens with one attached hydrogen (secondary N) is 2. The van der Waals surface area contributed by atoms with Crippen LogP contribution in [0.5, 0.6) is 0 Å². The molecule has 5 nitrogen and oxygen atoms in total. The van der Waals surface area contributed by atoms with Crippen molar-refractivity contribution in [3.05, 3.63) is 15.6 Å². The van der Waals surface area contributed by atoms with Crippen molar-refractivity contribution in [2.45, 2.75) is 26.7 Å². The average Bonchev–Trinajstić information content (AvgIpc) is 2.77. The van der Waals surface area contributed by atoms with Crippen molar-refractivity contribution in [3.63, 3.8) is 0 Å². The molecule has 1 aromatic rings. The quantitative estimate of drug-likeness (QED) is 0.311. The summed E-state index contributed by atoms with van der Waals surface area (Å²) in [5, 5.41) is 7.64. The molecule has 0 unspecified atom stereocenters. The summed E-state index contributed by atoms with van der Waals surface area (Å²) in [6, 6.07) is 0. The highest BCUT2D eigenvalue weighted by molar-refractivity contribution is 14.0. The van der Waals surface area contributed by atoms with E-state index in [0.29, 0.717) is 6.61 Å². The Labute approximate surface area is 142 Å². The lowest BCUT2D eigenvalue weighted by Gasteiger charge is -2.10. The van der Waals surface area contributed by atoms with Crippen LogP contribution in [0.3, 0.4) is 0 Å². The van der Waals surface area contributed by atoms with Crippen LogP contribution in [0.1, 0.15) is 22.5 Å². The van der Waals surface area contributed by atoms with Gasteiger partial charge < -0.3 is 15.4 Å². The summed E-state index contributed by atoms with van der Waals surface area (Å²) in [6.07, 6.45) is 1.94. The van der Waals surface area contributed by atoms with E-state index >= 15 is 0 Å². The van der Waals surface area contributed by atoms with Gasteiger partial charge in [0.15, 0.2) is 5.96 Å². The van der Waals surface area contributed by atoms with Gasteiger partial charge in [-0.15, -0.1) is 35.3 Å². The number of methoxy groups -OCH3 is 1. The highest BCUT2D eigenvalue weighted by Gasteiger charge is 2.05. The zero-order valence-electron chi connectivity index (χ0n) is 12.7. The van der Waals surface area contributed by atoms with Crippen LogP contribution in [-0.2, 0) is 17.6 Å². The smallest absolute Gasteiger partial charge is 0.191 e. The molecule has 7 heteroatoms. The zero-order chi connectivity index (χ0) is 14.1. The Balaban J connectivity index is 0.00000361. The number of aliphatic imine (C=N–C) groups is 1. The Kier molecular flexibility index (Phi) is 11.0. The second-order valence-corrected chi connectivity index (χ2v) is 5.42. The van der Waals surface area contributed by atoms with Gasteiger partial charge in [0.1, 0.15) is 0 Å². The molecule has 1 aromatic heterocycles. The predicted molar refractivity (Wildman–Crippen MR) is 96.6 cm³/mol. The maximum absolute atomic E-state index is 4.99. The van der Waals surface area contributed by atoms with Crippen LogP contribution in [0.4, 0.5) is 0 Å². The Bertz CT molecular complexity index is 409. The first kappa shape index (κ1) is 19.6. The monoisotopic (exact) mass is 412 g/mol. The number of hydrogen-bond donors (Lipinski definition) is 2. The van der Waals surface area contributed by atoms with E-state index in [9.17, 15) is 0 Å². The molecule has 0 bridgehead atoms. The molecule has 116 valence electrons. The number of halogens is 1. The first-order valence-corrected chi connectivity index (χ1v) is 7.41. The molecule has 0 radical (unpaired) electrons. The highest BCUT2D eigenvalue weighted by atomic mass is 127. The number of hydrogen-bond acceptors (Lipinski definition) is 4. The zero-order valence-corrected chi connectivity index (χ0v) is 15.8. The predicted octanol–water partition coefficient (Wildman–Crippen LogP) is 1.99. The van der Waals surface area contributed by atoms with Crippen molar-refractivity contribution in [3.8, 4) is 0 Å². The van der Waals surface area contributed by atoms with E-state index in [0.717, 1.165) is 31.9 Å². The van der Waals surface area contributed by atoms with Gasteiger partial charge in [0.05, 0.1) is 17.3 Å². The minimum absolute atomic E-state index is 0. The minimum Gasteiger partial charge on any atom is -0.383 e. The van der Waals surface area contributed by atoms with Crippen LogP contribution < -0.4 is 10.6 Å². The molecule has 20 heavy (non-hydrogen) atoms. The molecule has 0 aliphatic heterocycles. The molecular weight excluding hydrogens is 387 g/mol. The molecule has 0 spiro atoms. The topological polar surface area (TPSA) is 58.5 Å². The molecule has 0 fully saturated rings. The SMILES string of the molecule is CCc1nc(CCNC(=NC)NCCOC)sc1C.I. The largest absolute Gasteiger partial charge is 0.383 e. The van der Waals surface area contributed by atoms with Gasteiger partial charge in [-0.1, -0.05) is 6.92 Å². The molecule has 0 aliphatic rings. The number of guanidine groups is 1. The fourth-order valence-corrected chi connectivity index (χ4v) is 2.72. The normalized spacial score (nSPS) is 11.1. The van der Waals surface area contributed by atoms with Crippen LogP contribution >= 0.6 is 35.3 Å². The number of aryl methyl sites for hydroxylation is 2. The lowest BCUT2D eigenvalue weighted by molar-refractivity contribution is 0.203. The van der Waals surface area contributed by atoms with Crippen LogP contribution in [0.15, 0.2) is 4.99 Å². The van der Waals surface area contributed by atoms with Crippen LogP contribution in [-0.4, -0.2) is 44.8 Å². The fraction of sp³-hybridized carbons (Fsp3) is 0.692. The number of aromatic nitrogens is 1. The molecule has 0 saturated heterocycles. The minimum atomic E-state index is 0. The Morgan fingerprint density at radius 2 is 2.05 bits per heavy atom. The first-order valence-electron chi connectivity index (χ1n) is 6.59. The van der Waals surface area contributed by atoms with Crippen LogP contribution in [0, 0.1) is 6.92 Å². The average molecular weight is 412 g/mol. The summed E-state index contributed by atoms with van der Waals surface area (Å²) >= 11 is 1.79. The Hall–Kier alpha value is -0.410. The van der Waals surface area contributed by atoms with E-state index in [2.05, 4.69) is 34.5 Å². The van der Waals surface area contributed by atoms with E-state index in [4.69, 9.17) is 4.74 Å². The first-order chi connectivity index (χ1) is 9.21. The van der Waals surface area contributed by atoms with Crippen molar-refractivity contribution in [2.75, 3.05) is 33.9 Å². The van der Waals surface area contributed by atoms with E-state index in [1.807, 2.05) is 0 Å². The number of ether oxygens (including phenoxy) is 1. The second kappa shape index (κ2) is 11.3. The van der Waals surface area contributed by atoms with Gasteiger partial charge in [-0.3, -0.25) is 4.99 Å². The van der Waals surface area contributed by atoms with E-state index < -0.39 is 0 Å². The number of rotatable bonds is 7. The van der Waals surface area contributed by atoms with Crippen molar-refractivity contribution < 1.29 is 4.74 Å². The fourth-order valence-electron chi connectivity index (χ4n) is 1.70. The van der Waals surface area contributed by atoms with Gasteiger partial charge >= 0.3 is 0 Å². The third kappa shape index (κ3) is 6.85. The van der Waals surface area contributed by atoms with Crippen molar-refractivity contribution in [1.29, 1.82) is 0 Å². The molecule has 0 amide bonds. The summed E-state index contributed by atoms with van der Waals surface area (Å²) in [5.74, 6) is 0.807. The van der Waals surface area contributed by atoms with E-state index in [1.54, 1.807) is 25.5 Å². The van der Waals surface area contributed by atoms with Gasteiger partial charge in [-0.25, -0.2) is 4.98 Å². The summed E-state index contributed by atoms with van der Waals surface area (Å²) in [4.78, 5) is 10.1. The molecule has 2 N–H and O–H groups in total. The number of thiazole rings is 1. The maximum Gasteiger partial charge on any atom is 0.191 e. The summed E-state index contributed by atoms with van der Waals surface area (Å²) in [6.45, 7) is 6.55. The lowest BCUT2D eigenvalue weighted by atomic mass is 10.3. The van der Waals surface area contributed by atoms with Crippen molar-refractivity contribution in [2.24, 2.45) is 4.99 Å². The molecule has 0 aromatic carbocycles. The van der Waals surface area contributed by atoms with Gasteiger partial charge in [0.25, 0.3) is 0 Å². The Morgan fingerprint density at radius 3 is 2.60 bits per heavy atom. The van der Waals surface area contributed by atoms with Gasteiger partial charge in [-0.05, 0) is 13.3 Å². The van der Waals surface area contributed by atoms with Gasteiger partial charge in [0, 0.05) is 38.5 Å².